The summed E-state index contributed by atoms with van der Waals surface area (Å²) in [5.74, 6) is 2.11. The molecular formula is C17H22N2OS. The minimum absolute atomic E-state index is 0.392. The Bertz CT molecular complexity index is 594. The Labute approximate surface area is 130 Å². The van der Waals surface area contributed by atoms with E-state index in [0.29, 0.717) is 11.8 Å². The van der Waals surface area contributed by atoms with Crippen molar-refractivity contribution in [3.63, 3.8) is 0 Å². The molecule has 1 aromatic carbocycles. The van der Waals surface area contributed by atoms with Crippen LogP contribution in [0.5, 0.6) is 5.75 Å². The fraction of sp³-hybridized carbons (Fsp3) is 0.471. The third-order valence-corrected chi connectivity index (χ3v) is 4.81. The maximum Gasteiger partial charge on any atom is 0.122 e. The summed E-state index contributed by atoms with van der Waals surface area (Å²) in [6, 6.07) is 8.31. The van der Waals surface area contributed by atoms with E-state index in [2.05, 4.69) is 42.3 Å². The molecule has 112 valence electrons. The van der Waals surface area contributed by atoms with Crippen LogP contribution in [-0.2, 0) is 13.0 Å². The highest BCUT2D eigenvalue weighted by molar-refractivity contribution is 7.11. The zero-order chi connectivity index (χ0) is 14.7. The number of rotatable bonds is 5. The SMILES string of the molecule is CC(C)CNCc1cnc(C2COc3ccccc3C2)s1. The lowest BCUT2D eigenvalue weighted by Crippen LogP contribution is -2.19. The summed E-state index contributed by atoms with van der Waals surface area (Å²) < 4.78 is 5.86. The number of nitrogens with one attached hydrogen (secondary N) is 1. The van der Waals surface area contributed by atoms with Crippen LogP contribution < -0.4 is 10.1 Å². The molecule has 3 rings (SSSR count). The van der Waals surface area contributed by atoms with Crippen molar-refractivity contribution in [3.05, 3.63) is 45.9 Å². The van der Waals surface area contributed by atoms with Gasteiger partial charge in [-0.25, -0.2) is 4.98 Å². The number of fused-ring (bicyclic) bond motifs is 1. The van der Waals surface area contributed by atoms with E-state index in [1.165, 1.54) is 15.4 Å². The van der Waals surface area contributed by atoms with E-state index in [4.69, 9.17) is 4.74 Å². The normalized spacial score (nSPS) is 17.6. The fourth-order valence-electron chi connectivity index (χ4n) is 2.56. The van der Waals surface area contributed by atoms with Crippen LogP contribution in [0.2, 0.25) is 0 Å². The predicted molar refractivity (Wildman–Crippen MR) is 87.0 cm³/mol. The molecule has 0 amide bonds. The van der Waals surface area contributed by atoms with Crippen LogP contribution in [0.15, 0.2) is 30.5 Å². The first kappa shape index (κ1) is 14.5. The molecule has 0 bridgehead atoms. The standard InChI is InChI=1S/C17H22N2OS/c1-12(2)8-18-9-15-10-19-17(21-15)14-7-13-5-3-4-6-16(13)20-11-14/h3-6,10,12,14,18H,7-9,11H2,1-2H3. The van der Waals surface area contributed by atoms with Crippen molar-refractivity contribution in [2.75, 3.05) is 13.2 Å². The number of aromatic nitrogens is 1. The predicted octanol–water partition coefficient (Wildman–Crippen LogP) is 3.61. The Balaban J connectivity index is 1.62. The largest absolute Gasteiger partial charge is 0.493 e. The average Bonchev–Trinajstić information content (AvgIpc) is 2.95. The van der Waals surface area contributed by atoms with Gasteiger partial charge >= 0.3 is 0 Å². The van der Waals surface area contributed by atoms with Crippen molar-refractivity contribution in [3.8, 4) is 5.75 Å². The highest BCUT2D eigenvalue weighted by Gasteiger charge is 2.23. The molecule has 1 aliphatic heterocycles. The molecule has 0 saturated carbocycles. The Morgan fingerprint density at radius 3 is 3.10 bits per heavy atom. The molecule has 1 atom stereocenters. The van der Waals surface area contributed by atoms with Crippen molar-refractivity contribution in [1.29, 1.82) is 0 Å². The van der Waals surface area contributed by atoms with Crippen LogP contribution in [0.4, 0.5) is 0 Å². The summed E-state index contributed by atoms with van der Waals surface area (Å²) in [4.78, 5) is 5.92. The summed E-state index contributed by atoms with van der Waals surface area (Å²) >= 11 is 1.81. The van der Waals surface area contributed by atoms with Crippen LogP contribution in [0.25, 0.3) is 0 Å². The van der Waals surface area contributed by atoms with Gasteiger partial charge in [0.2, 0.25) is 0 Å². The number of hydrogen-bond donors (Lipinski definition) is 1. The van der Waals surface area contributed by atoms with Crippen molar-refractivity contribution >= 4 is 11.3 Å². The molecule has 21 heavy (non-hydrogen) atoms. The van der Waals surface area contributed by atoms with Gasteiger partial charge in [-0.1, -0.05) is 32.0 Å². The Kier molecular flexibility index (Phi) is 4.56. The molecule has 0 aliphatic carbocycles. The lowest BCUT2D eigenvalue weighted by atomic mass is 9.97. The maximum atomic E-state index is 5.86. The van der Waals surface area contributed by atoms with E-state index in [1.807, 2.05) is 23.6 Å². The maximum absolute atomic E-state index is 5.86. The van der Waals surface area contributed by atoms with Gasteiger partial charge in [0.25, 0.3) is 0 Å². The monoisotopic (exact) mass is 302 g/mol. The molecule has 4 heteroatoms. The van der Waals surface area contributed by atoms with Crippen LogP contribution in [-0.4, -0.2) is 18.1 Å². The summed E-state index contributed by atoms with van der Waals surface area (Å²) in [6.45, 7) is 7.15. The molecule has 1 aliphatic rings. The van der Waals surface area contributed by atoms with Gasteiger partial charge in [-0.2, -0.15) is 0 Å². The van der Waals surface area contributed by atoms with Gasteiger partial charge in [0.15, 0.2) is 0 Å². The quantitative estimate of drug-likeness (QED) is 0.916. The molecule has 3 nitrogen and oxygen atoms in total. The number of benzene rings is 1. The minimum atomic E-state index is 0.392. The third-order valence-electron chi connectivity index (χ3n) is 3.65. The lowest BCUT2D eigenvalue weighted by molar-refractivity contribution is 0.262. The van der Waals surface area contributed by atoms with E-state index in [1.54, 1.807) is 0 Å². The van der Waals surface area contributed by atoms with Gasteiger partial charge in [0.05, 0.1) is 11.6 Å². The summed E-state index contributed by atoms with van der Waals surface area (Å²) in [7, 11) is 0. The van der Waals surface area contributed by atoms with E-state index in [0.717, 1.165) is 31.9 Å². The molecule has 1 N–H and O–H groups in total. The van der Waals surface area contributed by atoms with E-state index < -0.39 is 0 Å². The number of thiazole rings is 1. The zero-order valence-electron chi connectivity index (χ0n) is 12.6. The molecule has 2 aromatic rings. The highest BCUT2D eigenvalue weighted by Crippen LogP contribution is 2.33. The topological polar surface area (TPSA) is 34.2 Å². The molecule has 1 unspecified atom stereocenters. The molecule has 1 aromatic heterocycles. The molecule has 0 spiro atoms. The lowest BCUT2D eigenvalue weighted by Gasteiger charge is -2.23. The van der Waals surface area contributed by atoms with Crippen molar-refractivity contribution < 1.29 is 4.74 Å². The van der Waals surface area contributed by atoms with Gasteiger partial charge in [0.1, 0.15) is 5.75 Å². The molecule has 0 fully saturated rings. The summed E-state index contributed by atoms with van der Waals surface area (Å²) in [5, 5.41) is 4.67. The van der Waals surface area contributed by atoms with Crippen molar-refractivity contribution in [1.82, 2.24) is 10.3 Å². The number of hydrogen-bond acceptors (Lipinski definition) is 4. The summed E-state index contributed by atoms with van der Waals surface area (Å²) in [5.41, 5.74) is 1.29. The number of para-hydroxylation sites is 1. The van der Waals surface area contributed by atoms with Gasteiger partial charge in [-0.3, -0.25) is 0 Å². The second-order valence-corrected chi connectivity index (χ2v) is 7.16. The molecule has 2 heterocycles. The second kappa shape index (κ2) is 6.58. The smallest absolute Gasteiger partial charge is 0.122 e. The van der Waals surface area contributed by atoms with Gasteiger partial charge in [-0.15, -0.1) is 11.3 Å². The Morgan fingerprint density at radius 2 is 2.24 bits per heavy atom. The van der Waals surface area contributed by atoms with Crippen molar-refractivity contribution in [2.45, 2.75) is 32.7 Å². The van der Waals surface area contributed by atoms with Crippen LogP contribution >= 0.6 is 11.3 Å². The van der Waals surface area contributed by atoms with Crippen molar-refractivity contribution in [2.24, 2.45) is 5.92 Å². The highest BCUT2D eigenvalue weighted by atomic mass is 32.1. The average molecular weight is 302 g/mol. The van der Waals surface area contributed by atoms with Crippen LogP contribution in [0, 0.1) is 5.92 Å². The molecule has 0 radical (unpaired) electrons. The second-order valence-electron chi connectivity index (χ2n) is 6.01. The first-order valence-corrected chi connectivity index (χ1v) is 8.40. The number of ether oxygens (including phenoxy) is 1. The minimum Gasteiger partial charge on any atom is -0.493 e. The first-order valence-electron chi connectivity index (χ1n) is 7.58. The van der Waals surface area contributed by atoms with Crippen LogP contribution in [0.3, 0.4) is 0 Å². The van der Waals surface area contributed by atoms with E-state index in [9.17, 15) is 0 Å². The third kappa shape index (κ3) is 3.63. The van der Waals surface area contributed by atoms with E-state index >= 15 is 0 Å². The molecular weight excluding hydrogens is 280 g/mol. The Hall–Kier alpha value is -1.39. The van der Waals surface area contributed by atoms with Gasteiger partial charge in [-0.05, 0) is 30.5 Å². The Morgan fingerprint density at radius 1 is 1.38 bits per heavy atom. The summed E-state index contributed by atoms with van der Waals surface area (Å²) in [6.07, 6.45) is 3.04. The fourth-order valence-corrected chi connectivity index (χ4v) is 3.54. The zero-order valence-corrected chi connectivity index (χ0v) is 13.5. The van der Waals surface area contributed by atoms with Gasteiger partial charge in [0, 0.05) is 23.5 Å². The first-order chi connectivity index (χ1) is 10.2. The molecule has 0 saturated heterocycles. The number of nitrogens with zero attached hydrogens (tertiary/aromatic N) is 1. The van der Waals surface area contributed by atoms with Crippen LogP contribution in [0.1, 0.15) is 35.2 Å². The van der Waals surface area contributed by atoms with Gasteiger partial charge < -0.3 is 10.1 Å². The van der Waals surface area contributed by atoms with E-state index in [-0.39, 0.29) is 0 Å².